The lowest BCUT2D eigenvalue weighted by Crippen LogP contribution is -2.03. The normalized spacial score (nSPS) is 11.3. The van der Waals surface area contributed by atoms with E-state index in [1.54, 1.807) is 54.6 Å². The van der Waals surface area contributed by atoms with E-state index in [4.69, 9.17) is 0 Å². The van der Waals surface area contributed by atoms with Gasteiger partial charge in [-0.15, -0.1) is 0 Å². The number of rotatable bonds is 8. The first-order valence-electron chi connectivity index (χ1n) is 9.09. The molecule has 0 heterocycles. The number of hydrazone groups is 1. The van der Waals surface area contributed by atoms with Gasteiger partial charge in [-0.2, -0.15) is 5.10 Å². The number of nitrogens with one attached hydrogen (secondary N) is 1. The number of benzene rings is 3. The quantitative estimate of drug-likeness (QED) is 0.300. The molecule has 0 aliphatic carbocycles. The van der Waals surface area contributed by atoms with Gasteiger partial charge in [0, 0.05) is 23.8 Å². The summed E-state index contributed by atoms with van der Waals surface area (Å²) >= 11 is 0. The molecule has 0 unspecified atom stereocenters. The smallest absolute Gasteiger partial charge is 0.271 e. The number of non-ortho nitro benzene ring substituents is 2. The molecular weight excluding hydrogens is 418 g/mol. The molecule has 0 saturated heterocycles. The highest BCUT2D eigenvalue weighted by molar-refractivity contribution is 6.11. The Hall–Kier alpha value is -4.93. The number of hydrogen-bond donors (Lipinski definition) is 1. The predicted octanol–water partition coefficient (Wildman–Crippen LogP) is 4.94. The first kappa shape index (κ1) is 21.8. The van der Waals surface area contributed by atoms with Crippen LogP contribution in [0.3, 0.4) is 0 Å². The zero-order chi connectivity index (χ0) is 23.1. The summed E-state index contributed by atoms with van der Waals surface area (Å²) < 4.78 is 0. The van der Waals surface area contributed by atoms with Crippen LogP contribution < -0.4 is 5.43 Å². The fourth-order valence-corrected chi connectivity index (χ4v) is 2.72. The molecule has 32 heavy (non-hydrogen) atoms. The van der Waals surface area contributed by atoms with Gasteiger partial charge < -0.3 is 0 Å². The van der Waals surface area contributed by atoms with E-state index < -0.39 is 26.1 Å². The van der Waals surface area contributed by atoms with Crippen LogP contribution in [0.15, 0.2) is 84.0 Å². The molecule has 3 rings (SSSR count). The van der Waals surface area contributed by atoms with Crippen LogP contribution in [0, 0.1) is 30.3 Å². The lowest BCUT2D eigenvalue weighted by Gasteiger charge is -2.06. The third kappa shape index (κ3) is 5.36. The average molecular weight is 433 g/mol. The van der Waals surface area contributed by atoms with Crippen molar-refractivity contribution in [1.29, 1.82) is 0 Å². The summed E-state index contributed by atoms with van der Waals surface area (Å²) in [6.45, 7) is 0. The van der Waals surface area contributed by atoms with E-state index in [1.165, 1.54) is 18.2 Å². The van der Waals surface area contributed by atoms with E-state index >= 15 is 0 Å². The molecule has 0 saturated carbocycles. The molecule has 0 aliphatic rings. The van der Waals surface area contributed by atoms with Crippen LogP contribution in [0.5, 0.6) is 0 Å². The first-order valence-corrected chi connectivity index (χ1v) is 9.09. The van der Waals surface area contributed by atoms with Crippen molar-refractivity contribution in [2.45, 2.75) is 0 Å². The third-order valence-corrected chi connectivity index (χ3v) is 4.27. The molecule has 0 aliphatic heterocycles. The Morgan fingerprint density at radius 3 is 2.12 bits per heavy atom. The molecule has 0 atom stereocenters. The maximum absolute atomic E-state index is 11.3. The van der Waals surface area contributed by atoms with Crippen LogP contribution in [-0.2, 0) is 0 Å². The SMILES string of the molecule is O=[N+]([O-])c1cccc(/C=C/C(=N\Nc2ccc([N+](=O)[O-])cc2[N+](=O)[O-])c2ccccc2)c1. The van der Waals surface area contributed by atoms with Gasteiger partial charge in [0.05, 0.1) is 26.5 Å². The Bertz CT molecular complexity index is 1240. The monoisotopic (exact) mass is 433 g/mol. The Morgan fingerprint density at radius 2 is 1.47 bits per heavy atom. The van der Waals surface area contributed by atoms with Crippen molar-refractivity contribution in [1.82, 2.24) is 0 Å². The zero-order valence-corrected chi connectivity index (χ0v) is 16.3. The highest BCUT2D eigenvalue weighted by atomic mass is 16.6. The molecular formula is C21H15N5O6. The Labute approximate surface area is 180 Å². The van der Waals surface area contributed by atoms with E-state index in [1.807, 2.05) is 0 Å². The van der Waals surface area contributed by atoms with E-state index in [9.17, 15) is 30.3 Å². The van der Waals surface area contributed by atoms with Crippen LogP contribution >= 0.6 is 0 Å². The fraction of sp³-hybridized carbons (Fsp3) is 0. The van der Waals surface area contributed by atoms with Gasteiger partial charge in [-0.1, -0.05) is 48.5 Å². The molecule has 0 radical (unpaired) electrons. The van der Waals surface area contributed by atoms with Crippen molar-refractivity contribution in [3.05, 3.63) is 120 Å². The molecule has 1 N–H and O–H groups in total. The fourth-order valence-electron chi connectivity index (χ4n) is 2.72. The molecule has 0 spiro atoms. The summed E-state index contributed by atoms with van der Waals surface area (Å²) in [5, 5.41) is 37.4. The van der Waals surface area contributed by atoms with Gasteiger partial charge in [-0.3, -0.25) is 35.8 Å². The summed E-state index contributed by atoms with van der Waals surface area (Å²) in [6.07, 6.45) is 3.21. The minimum atomic E-state index is -0.744. The van der Waals surface area contributed by atoms with Gasteiger partial charge >= 0.3 is 5.69 Å². The largest absolute Gasteiger partial charge is 0.301 e. The summed E-state index contributed by atoms with van der Waals surface area (Å²) in [4.78, 5) is 31.2. The summed E-state index contributed by atoms with van der Waals surface area (Å²) in [6, 6.07) is 18.1. The Morgan fingerprint density at radius 1 is 0.781 bits per heavy atom. The van der Waals surface area contributed by atoms with Gasteiger partial charge in [0.25, 0.3) is 11.4 Å². The number of hydrogen-bond acceptors (Lipinski definition) is 8. The molecule has 3 aromatic rings. The van der Waals surface area contributed by atoms with Gasteiger partial charge in [-0.25, -0.2) is 0 Å². The van der Waals surface area contributed by atoms with Gasteiger partial charge in [0.15, 0.2) is 0 Å². The third-order valence-electron chi connectivity index (χ3n) is 4.27. The molecule has 0 amide bonds. The maximum Gasteiger partial charge on any atom is 0.301 e. The summed E-state index contributed by atoms with van der Waals surface area (Å²) in [7, 11) is 0. The van der Waals surface area contributed by atoms with E-state index in [2.05, 4.69) is 10.5 Å². The first-order chi connectivity index (χ1) is 15.3. The van der Waals surface area contributed by atoms with Gasteiger partial charge in [-0.05, 0) is 17.7 Å². The van der Waals surface area contributed by atoms with E-state index in [-0.39, 0.29) is 11.4 Å². The van der Waals surface area contributed by atoms with E-state index in [0.717, 1.165) is 12.1 Å². The average Bonchev–Trinajstić information content (AvgIpc) is 2.79. The summed E-state index contributed by atoms with van der Waals surface area (Å²) in [5.41, 5.74) is 3.19. The Kier molecular flexibility index (Phi) is 6.61. The minimum Gasteiger partial charge on any atom is -0.271 e. The molecule has 3 aromatic carbocycles. The summed E-state index contributed by atoms with van der Waals surface area (Å²) in [5.74, 6) is 0. The second-order valence-electron chi connectivity index (χ2n) is 6.38. The standard InChI is InChI=1S/C21H15N5O6/c27-24(28)17-8-4-5-15(13-17)9-11-19(16-6-2-1-3-7-16)22-23-20-12-10-18(25(29)30)14-21(20)26(31)32/h1-14,23H/b11-9+,22-19+. The van der Waals surface area contributed by atoms with Crippen molar-refractivity contribution in [2.75, 3.05) is 5.43 Å². The molecule has 11 heteroatoms. The zero-order valence-electron chi connectivity index (χ0n) is 16.3. The van der Waals surface area contributed by atoms with Crippen LogP contribution in [0.1, 0.15) is 11.1 Å². The Balaban J connectivity index is 1.97. The molecule has 0 bridgehead atoms. The second-order valence-corrected chi connectivity index (χ2v) is 6.38. The predicted molar refractivity (Wildman–Crippen MR) is 118 cm³/mol. The van der Waals surface area contributed by atoms with Crippen molar-refractivity contribution >= 4 is 34.5 Å². The number of nitro benzene ring substituents is 3. The van der Waals surface area contributed by atoms with Crippen LogP contribution in [-0.4, -0.2) is 20.5 Å². The van der Waals surface area contributed by atoms with Crippen molar-refractivity contribution in [2.24, 2.45) is 5.10 Å². The van der Waals surface area contributed by atoms with Gasteiger partial charge in [0.1, 0.15) is 5.69 Å². The van der Waals surface area contributed by atoms with Gasteiger partial charge in [0.2, 0.25) is 0 Å². The van der Waals surface area contributed by atoms with Crippen LogP contribution in [0.4, 0.5) is 22.7 Å². The van der Waals surface area contributed by atoms with Crippen molar-refractivity contribution in [3.8, 4) is 0 Å². The highest BCUT2D eigenvalue weighted by Gasteiger charge is 2.19. The molecule has 0 aromatic heterocycles. The number of allylic oxidation sites excluding steroid dienone is 1. The van der Waals surface area contributed by atoms with E-state index in [0.29, 0.717) is 16.8 Å². The van der Waals surface area contributed by atoms with Crippen molar-refractivity contribution in [3.63, 3.8) is 0 Å². The van der Waals surface area contributed by atoms with Crippen LogP contribution in [0.2, 0.25) is 0 Å². The minimum absolute atomic E-state index is 0.0298. The number of nitrogens with zero attached hydrogens (tertiary/aromatic N) is 4. The topological polar surface area (TPSA) is 154 Å². The van der Waals surface area contributed by atoms with Crippen molar-refractivity contribution < 1.29 is 14.8 Å². The molecule has 11 nitrogen and oxygen atoms in total. The lowest BCUT2D eigenvalue weighted by atomic mass is 10.1. The maximum atomic E-state index is 11.3. The lowest BCUT2D eigenvalue weighted by molar-refractivity contribution is -0.393. The highest BCUT2D eigenvalue weighted by Crippen LogP contribution is 2.29. The second kappa shape index (κ2) is 9.71. The number of anilines is 1. The molecule has 0 fully saturated rings. The van der Waals surface area contributed by atoms with Crippen LogP contribution in [0.25, 0.3) is 6.08 Å². The molecule has 160 valence electrons. The number of nitro groups is 3.